The van der Waals surface area contributed by atoms with E-state index in [1.165, 1.54) is 0 Å². The fourth-order valence-corrected chi connectivity index (χ4v) is 5.92. The Labute approximate surface area is 196 Å². The van der Waals surface area contributed by atoms with Crippen molar-refractivity contribution in [3.8, 4) is 0 Å². The van der Waals surface area contributed by atoms with E-state index in [1.54, 1.807) is 39.2 Å². The zero-order valence-electron chi connectivity index (χ0n) is 18.8. The SMILES string of the molecule is CN(Cc1nc2ccccc2s1)C(=O)CCCN1C(=O)c2ccccc2N2C(=O)CCC12C. The second-order valence-electron chi connectivity index (χ2n) is 8.85. The number of amides is 3. The number of hydrogen-bond acceptors (Lipinski definition) is 5. The third kappa shape index (κ3) is 3.68. The van der Waals surface area contributed by atoms with Crippen molar-refractivity contribution >= 4 is 45.0 Å². The summed E-state index contributed by atoms with van der Waals surface area (Å²) in [5.74, 6) is -0.0213. The molecule has 0 radical (unpaired) electrons. The average Bonchev–Trinajstić information content (AvgIpc) is 3.35. The molecule has 0 aliphatic carbocycles. The summed E-state index contributed by atoms with van der Waals surface area (Å²) in [4.78, 5) is 48.6. The van der Waals surface area contributed by atoms with E-state index in [9.17, 15) is 14.4 Å². The summed E-state index contributed by atoms with van der Waals surface area (Å²) in [7, 11) is 1.79. The predicted octanol–water partition coefficient (Wildman–Crippen LogP) is 4.03. The maximum absolute atomic E-state index is 13.3. The maximum atomic E-state index is 13.3. The molecule has 3 aromatic rings. The van der Waals surface area contributed by atoms with E-state index in [1.807, 2.05) is 49.4 Å². The van der Waals surface area contributed by atoms with E-state index in [-0.39, 0.29) is 17.7 Å². The van der Waals surface area contributed by atoms with Crippen LogP contribution in [0.25, 0.3) is 10.2 Å². The number of aromatic nitrogens is 1. The van der Waals surface area contributed by atoms with E-state index < -0.39 is 5.66 Å². The van der Waals surface area contributed by atoms with Crippen LogP contribution < -0.4 is 4.90 Å². The first-order chi connectivity index (χ1) is 15.9. The minimum Gasteiger partial charge on any atom is -0.339 e. The van der Waals surface area contributed by atoms with Crippen LogP contribution in [0.4, 0.5) is 5.69 Å². The summed E-state index contributed by atoms with van der Waals surface area (Å²) in [5, 5.41) is 0.905. The number of benzene rings is 2. The molecule has 1 fully saturated rings. The third-order valence-corrected chi connectivity index (χ3v) is 7.68. The average molecular weight is 463 g/mol. The van der Waals surface area contributed by atoms with Gasteiger partial charge in [-0.1, -0.05) is 24.3 Å². The predicted molar refractivity (Wildman–Crippen MR) is 128 cm³/mol. The third-order valence-electron chi connectivity index (χ3n) is 6.65. The second-order valence-corrected chi connectivity index (χ2v) is 9.96. The molecule has 3 heterocycles. The van der Waals surface area contributed by atoms with Gasteiger partial charge in [-0.15, -0.1) is 11.3 Å². The fraction of sp³-hybridized carbons (Fsp3) is 0.360. The highest BCUT2D eigenvalue weighted by atomic mass is 32.1. The highest BCUT2D eigenvalue weighted by Gasteiger charge is 2.52. The number of fused-ring (bicyclic) bond motifs is 4. The molecular weight excluding hydrogens is 436 g/mol. The van der Waals surface area contributed by atoms with E-state index >= 15 is 0 Å². The van der Waals surface area contributed by atoms with Gasteiger partial charge in [0, 0.05) is 26.4 Å². The van der Waals surface area contributed by atoms with Gasteiger partial charge >= 0.3 is 0 Å². The second kappa shape index (κ2) is 8.26. The first-order valence-corrected chi connectivity index (χ1v) is 12.0. The van der Waals surface area contributed by atoms with Crippen molar-refractivity contribution in [2.75, 3.05) is 18.5 Å². The van der Waals surface area contributed by atoms with Gasteiger partial charge in [0.2, 0.25) is 11.8 Å². The minimum atomic E-state index is -0.682. The largest absolute Gasteiger partial charge is 0.339 e. The molecule has 1 atom stereocenters. The van der Waals surface area contributed by atoms with E-state index in [0.29, 0.717) is 50.0 Å². The Morgan fingerprint density at radius 3 is 2.73 bits per heavy atom. The Balaban J connectivity index is 1.25. The van der Waals surface area contributed by atoms with Crippen molar-refractivity contribution in [2.45, 2.75) is 44.8 Å². The number of thiazole rings is 1. The normalized spacial score (nSPS) is 19.7. The number of anilines is 1. The van der Waals surface area contributed by atoms with Crippen molar-refractivity contribution < 1.29 is 14.4 Å². The maximum Gasteiger partial charge on any atom is 0.257 e. The Bertz CT molecular complexity index is 1220. The molecule has 2 aromatic carbocycles. The molecule has 8 heteroatoms. The van der Waals surface area contributed by atoms with Crippen molar-refractivity contribution in [3.63, 3.8) is 0 Å². The van der Waals surface area contributed by atoms with Gasteiger partial charge in [0.25, 0.3) is 5.91 Å². The molecule has 2 aliphatic rings. The van der Waals surface area contributed by atoms with Gasteiger partial charge in [-0.3, -0.25) is 19.3 Å². The highest BCUT2D eigenvalue weighted by molar-refractivity contribution is 7.18. The Morgan fingerprint density at radius 2 is 1.91 bits per heavy atom. The number of carbonyl (C=O) groups excluding carboxylic acids is 3. The van der Waals surface area contributed by atoms with E-state index in [4.69, 9.17) is 0 Å². The van der Waals surface area contributed by atoms with Crippen LogP contribution in [-0.4, -0.2) is 51.8 Å². The Kier molecular flexibility index (Phi) is 5.40. The fourth-order valence-electron chi connectivity index (χ4n) is 4.90. The summed E-state index contributed by atoms with van der Waals surface area (Å²) in [6.07, 6.45) is 1.88. The molecule has 33 heavy (non-hydrogen) atoms. The molecule has 0 saturated carbocycles. The molecule has 7 nitrogen and oxygen atoms in total. The summed E-state index contributed by atoms with van der Waals surface area (Å²) < 4.78 is 1.11. The molecule has 5 rings (SSSR count). The van der Waals surface area contributed by atoms with Crippen molar-refractivity contribution in [1.82, 2.24) is 14.8 Å². The van der Waals surface area contributed by atoms with Crippen LogP contribution in [0.15, 0.2) is 48.5 Å². The Hall–Kier alpha value is -3.26. The van der Waals surface area contributed by atoms with Gasteiger partial charge in [-0.25, -0.2) is 4.98 Å². The van der Waals surface area contributed by atoms with Crippen LogP contribution in [0.2, 0.25) is 0 Å². The molecular formula is C25H26N4O3S. The quantitative estimate of drug-likeness (QED) is 0.554. The van der Waals surface area contributed by atoms with Crippen molar-refractivity contribution in [1.29, 1.82) is 0 Å². The van der Waals surface area contributed by atoms with Crippen LogP contribution >= 0.6 is 11.3 Å². The number of rotatable bonds is 6. The molecule has 2 aliphatic heterocycles. The lowest BCUT2D eigenvalue weighted by atomic mass is 9.98. The van der Waals surface area contributed by atoms with Crippen molar-refractivity contribution in [3.05, 3.63) is 59.1 Å². The van der Waals surface area contributed by atoms with Crippen LogP contribution in [-0.2, 0) is 16.1 Å². The number of nitrogens with zero attached hydrogens (tertiary/aromatic N) is 4. The zero-order valence-corrected chi connectivity index (χ0v) is 19.6. The lowest BCUT2D eigenvalue weighted by Crippen LogP contribution is -2.62. The van der Waals surface area contributed by atoms with Crippen LogP contribution in [0.3, 0.4) is 0 Å². The van der Waals surface area contributed by atoms with Gasteiger partial charge in [0.15, 0.2) is 0 Å². The van der Waals surface area contributed by atoms with Crippen LogP contribution in [0, 0.1) is 0 Å². The molecule has 1 aromatic heterocycles. The van der Waals surface area contributed by atoms with E-state index in [0.717, 1.165) is 15.2 Å². The highest BCUT2D eigenvalue weighted by Crippen LogP contribution is 2.44. The lowest BCUT2D eigenvalue weighted by molar-refractivity contribution is -0.130. The number of carbonyl (C=O) groups is 3. The van der Waals surface area contributed by atoms with E-state index in [2.05, 4.69) is 4.98 Å². The van der Waals surface area contributed by atoms with Gasteiger partial charge in [0.05, 0.1) is 28.0 Å². The van der Waals surface area contributed by atoms with Crippen LogP contribution in [0.1, 0.15) is 48.0 Å². The zero-order chi connectivity index (χ0) is 23.2. The minimum absolute atomic E-state index is 0.0172. The van der Waals surface area contributed by atoms with Crippen LogP contribution in [0.5, 0.6) is 0 Å². The summed E-state index contributed by atoms with van der Waals surface area (Å²) in [6, 6.07) is 15.2. The van der Waals surface area contributed by atoms with Gasteiger partial charge in [0.1, 0.15) is 10.7 Å². The topological polar surface area (TPSA) is 73.8 Å². The molecule has 0 spiro atoms. The van der Waals surface area contributed by atoms with Gasteiger partial charge in [-0.2, -0.15) is 0 Å². The molecule has 0 bridgehead atoms. The van der Waals surface area contributed by atoms with Gasteiger partial charge < -0.3 is 9.80 Å². The smallest absolute Gasteiger partial charge is 0.257 e. The first-order valence-electron chi connectivity index (χ1n) is 11.2. The standard InChI is InChI=1S/C25H26N4O3S/c1-25-14-13-23(31)29(25)19-10-5-3-8-17(19)24(32)28(25)15-7-12-22(30)27(2)16-21-26-18-9-4-6-11-20(18)33-21/h3-6,8-11H,7,12-16H2,1-2H3. The Morgan fingerprint density at radius 1 is 1.15 bits per heavy atom. The molecule has 1 unspecified atom stereocenters. The first kappa shape index (κ1) is 21.6. The number of hydrogen-bond donors (Lipinski definition) is 0. The molecule has 170 valence electrons. The summed E-state index contributed by atoms with van der Waals surface area (Å²) >= 11 is 1.60. The van der Waals surface area contributed by atoms with Crippen molar-refractivity contribution in [2.24, 2.45) is 0 Å². The summed E-state index contributed by atoms with van der Waals surface area (Å²) in [6.45, 7) is 2.84. The molecule has 3 amide bonds. The monoisotopic (exact) mass is 462 g/mol. The lowest BCUT2D eigenvalue weighted by Gasteiger charge is -2.48. The number of para-hydroxylation sites is 2. The molecule has 1 saturated heterocycles. The van der Waals surface area contributed by atoms with Gasteiger partial charge in [-0.05, 0) is 44.0 Å². The molecule has 0 N–H and O–H groups in total. The summed E-state index contributed by atoms with van der Waals surface area (Å²) in [5.41, 5.74) is 1.50.